The molecule has 2 unspecified atom stereocenters. The number of allylic oxidation sites excluding steroid dienone is 1. The normalized spacial score (nSPS) is 34.9. The third-order valence-corrected chi connectivity index (χ3v) is 5.04. The molecule has 3 rings (SSSR count). The molecule has 0 aromatic heterocycles. The van der Waals surface area contributed by atoms with Crippen molar-refractivity contribution in [1.29, 1.82) is 0 Å². The van der Waals surface area contributed by atoms with Crippen molar-refractivity contribution in [2.75, 3.05) is 0 Å². The molecular weight excluding hydrogens is 204 g/mol. The van der Waals surface area contributed by atoms with Gasteiger partial charge in [-0.15, -0.1) is 0 Å². The van der Waals surface area contributed by atoms with Crippen LogP contribution in [0, 0.1) is 11.3 Å². The molecule has 2 aliphatic carbocycles. The van der Waals surface area contributed by atoms with E-state index in [1.165, 1.54) is 44.1 Å². The fourth-order valence-electron chi connectivity index (χ4n) is 3.89. The third-order valence-electron chi connectivity index (χ3n) is 5.04. The molecule has 0 nitrogen and oxygen atoms in total. The Kier molecular flexibility index (Phi) is 2.82. The summed E-state index contributed by atoms with van der Waals surface area (Å²) in [4.78, 5) is 0. The van der Waals surface area contributed by atoms with Crippen LogP contribution >= 0.6 is 0 Å². The molecular formula is C17H22. The van der Waals surface area contributed by atoms with E-state index >= 15 is 0 Å². The highest BCUT2D eigenvalue weighted by atomic mass is 14.5. The molecule has 2 saturated carbocycles. The van der Waals surface area contributed by atoms with E-state index in [0.717, 1.165) is 5.92 Å². The van der Waals surface area contributed by atoms with Gasteiger partial charge in [-0.25, -0.2) is 0 Å². The van der Waals surface area contributed by atoms with Gasteiger partial charge in [0.15, 0.2) is 0 Å². The summed E-state index contributed by atoms with van der Waals surface area (Å²) < 4.78 is 0. The molecule has 0 heteroatoms. The average Bonchev–Trinajstić information content (AvgIpc) is 2.68. The molecule has 0 spiro atoms. The van der Waals surface area contributed by atoms with Crippen LogP contribution in [-0.2, 0) is 0 Å². The van der Waals surface area contributed by atoms with Gasteiger partial charge in [-0.05, 0) is 42.6 Å². The summed E-state index contributed by atoms with van der Waals surface area (Å²) in [5.74, 6) is 0.964. The van der Waals surface area contributed by atoms with Crippen molar-refractivity contribution in [2.24, 2.45) is 11.3 Å². The summed E-state index contributed by atoms with van der Waals surface area (Å²) in [6, 6.07) is 10.8. The minimum absolute atomic E-state index is 0.522. The maximum atomic E-state index is 2.51. The van der Waals surface area contributed by atoms with Gasteiger partial charge in [0.25, 0.3) is 0 Å². The predicted molar refractivity (Wildman–Crippen MR) is 73.7 cm³/mol. The van der Waals surface area contributed by atoms with Crippen molar-refractivity contribution < 1.29 is 0 Å². The zero-order valence-electron chi connectivity index (χ0n) is 10.8. The van der Waals surface area contributed by atoms with Gasteiger partial charge < -0.3 is 0 Å². The molecule has 0 radical (unpaired) electrons. The first kappa shape index (κ1) is 11.1. The van der Waals surface area contributed by atoms with E-state index in [2.05, 4.69) is 43.3 Å². The van der Waals surface area contributed by atoms with Crippen LogP contribution in [0.15, 0.2) is 35.9 Å². The predicted octanol–water partition coefficient (Wildman–Crippen LogP) is 5.06. The minimum atomic E-state index is 0.522. The van der Waals surface area contributed by atoms with Crippen LogP contribution in [-0.4, -0.2) is 0 Å². The number of benzene rings is 1. The van der Waals surface area contributed by atoms with Crippen molar-refractivity contribution in [3.05, 3.63) is 41.5 Å². The van der Waals surface area contributed by atoms with Gasteiger partial charge in [-0.2, -0.15) is 0 Å². The van der Waals surface area contributed by atoms with E-state index in [9.17, 15) is 0 Å². The smallest absolute Gasteiger partial charge is 0.00847 e. The summed E-state index contributed by atoms with van der Waals surface area (Å²) in [5, 5.41) is 0. The first-order valence-electron chi connectivity index (χ1n) is 7.05. The Morgan fingerprint density at radius 1 is 1.12 bits per heavy atom. The van der Waals surface area contributed by atoms with Crippen molar-refractivity contribution in [3.8, 4) is 0 Å². The lowest BCUT2D eigenvalue weighted by Crippen LogP contribution is -2.26. The van der Waals surface area contributed by atoms with E-state index in [1.807, 2.05) is 0 Å². The zero-order valence-corrected chi connectivity index (χ0v) is 10.8. The minimum Gasteiger partial charge on any atom is -0.0634 e. The van der Waals surface area contributed by atoms with Gasteiger partial charge in [-0.1, -0.05) is 61.7 Å². The molecule has 0 aliphatic heterocycles. The van der Waals surface area contributed by atoms with Crippen LogP contribution in [0.5, 0.6) is 0 Å². The van der Waals surface area contributed by atoms with Crippen molar-refractivity contribution in [3.63, 3.8) is 0 Å². The van der Waals surface area contributed by atoms with Gasteiger partial charge in [0.1, 0.15) is 0 Å². The maximum Gasteiger partial charge on any atom is -0.00847 e. The number of fused-ring (bicyclic) bond motifs is 1. The maximum absolute atomic E-state index is 2.51. The van der Waals surface area contributed by atoms with E-state index in [-0.39, 0.29) is 0 Å². The van der Waals surface area contributed by atoms with Crippen molar-refractivity contribution >= 4 is 6.08 Å². The summed E-state index contributed by atoms with van der Waals surface area (Å²) in [7, 11) is 0. The lowest BCUT2D eigenvalue weighted by Gasteiger charge is -2.37. The van der Waals surface area contributed by atoms with Crippen molar-refractivity contribution in [2.45, 2.75) is 45.4 Å². The molecule has 2 atom stereocenters. The van der Waals surface area contributed by atoms with Gasteiger partial charge in [-0.3, -0.25) is 0 Å². The van der Waals surface area contributed by atoms with E-state index in [1.54, 1.807) is 5.57 Å². The zero-order chi connectivity index (χ0) is 11.7. The molecule has 90 valence electrons. The van der Waals surface area contributed by atoms with Crippen LogP contribution in [0.1, 0.15) is 51.0 Å². The second-order valence-electron chi connectivity index (χ2n) is 5.98. The number of rotatable bonds is 1. The molecule has 2 fully saturated rings. The Hall–Kier alpha value is -1.04. The average molecular weight is 226 g/mol. The van der Waals surface area contributed by atoms with Crippen LogP contribution in [0.3, 0.4) is 0 Å². The lowest BCUT2D eigenvalue weighted by atomic mass is 9.67. The Morgan fingerprint density at radius 2 is 1.94 bits per heavy atom. The third kappa shape index (κ3) is 1.94. The molecule has 0 amide bonds. The van der Waals surface area contributed by atoms with Crippen LogP contribution in [0.25, 0.3) is 6.08 Å². The number of hydrogen-bond acceptors (Lipinski definition) is 0. The highest BCUT2D eigenvalue weighted by molar-refractivity contribution is 5.55. The molecule has 2 aliphatic rings. The second kappa shape index (κ2) is 4.33. The SMILES string of the molecule is CC12CCCCC1CCC2=Cc1ccccc1. The second-order valence-corrected chi connectivity index (χ2v) is 5.98. The molecule has 0 saturated heterocycles. The van der Waals surface area contributed by atoms with Crippen LogP contribution < -0.4 is 0 Å². The highest BCUT2D eigenvalue weighted by Gasteiger charge is 2.43. The van der Waals surface area contributed by atoms with Gasteiger partial charge in [0.2, 0.25) is 0 Å². The largest absolute Gasteiger partial charge is 0.0634 e. The molecule has 0 heterocycles. The highest BCUT2D eigenvalue weighted by Crippen LogP contribution is 2.55. The topological polar surface area (TPSA) is 0 Å². The first-order valence-corrected chi connectivity index (χ1v) is 7.05. The van der Waals surface area contributed by atoms with Gasteiger partial charge in [0, 0.05) is 0 Å². The van der Waals surface area contributed by atoms with Crippen molar-refractivity contribution in [1.82, 2.24) is 0 Å². The fraction of sp³-hybridized carbons (Fsp3) is 0.529. The standard InChI is InChI=1S/C17H22/c1-17-12-6-5-9-15(17)10-11-16(17)13-14-7-3-2-4-8-14/h2-4,7-8,13,15H,5-6,9-12H2,1H3. The van der Waals surface area contributed by atoms with E-state index < -0.39 is 0 Å². The summed E-state index contributed by atoms with van der Waals surface area (Å²) in [6.45, 7) is 2.51. The van der Waals surface area contributed by atoms with Crippen LogP contribution in [0.2, 0.25) is 0 Å². The Labute approximate surface area is 105 Å². The molecule has 1 aromatic rings. The quantitative estimate of drug-likeness (QED) is 0.628. The van der Waals surface area contributed by atoms with Crippen LogP contribution in [0.4, 0.5) is 0 Å². The summed E-state index contributed by atoms with van der Waals surface area (Å²) in [6.07, 6.45) is 11.0. The summed E-state index contributed by atoms with van der Waals surface area (Å²) in [5.41, 5.74) is 3.62. The molecule has 0 bridgehead atoms. The summed E-state index contributed by atoms with van der Waals surface area (Å²) >= 11 is 0. The van der Waals surface area contributed by atoms with Gasteiger partial charge >= 0.3 is 0 Å². The molecule has 1 aromatic carbocycles. The Morgan fingerprint density at radius 3 is 2.76 bits per heavy atom. The Balaban J connectivity index is 1.91. The van der Waals surface area contributed by atoms with E-state index in [0.29, 0.717) is 5.41 Å². The van der Waals surface area contributed by atoms with Gasteiger partial charge in [0.05, 0.1) is 0 Å². The molecule has 0 N–H and O–H groups in total. The monoisotopic (exact) mass is 226 g/mol. The molecule has 17 heavy (non-hydrogen) atoms. The lowest BCUT2D eigenvalue weighted by molar-refractivity contribution is 0.189. The first-order chi connectivity index (χ1) is 8.29. The van der Waals surface area contributed by atoms with E-state index in [4.69, 9.17) is 0 Å². The fourth-order valence-corrected chi connectivity index (χ4v) is 3.89. The number of hydrogen-bond donors (Lipinski definition) is 0. The Bertz CT molecular complexity index is 415.